The Hall–Kier alpha value is -1.06. The van der Waals surface area contributed by atoms with Gasteiger partial charge in [0.1, 0.15) is 0 Å². The Kier molecular flexibility index (Phi) is 5.65. The molecule has 1 aromatic rings. The number of likely N-dealkylation sites (N-methyl/N-ethyl adjacent to an activating group) is 1. The van der Waals surface area contributed by atoms with Gasteiger partial charge < -0.3 is 15.3 Å². The van der Waals surface area contributed by atoms with Crippen molar-refractivity contribution in [1.82, 2.24) is 5.32 Å². The van der Waals surface area contributed by atoms with E-state index in [0.717, 1.165) is 45.3 Å². The van der Waals surface area contributed by atoms with Gasteiger partial charge in [0, 0.05) is 25.8 Å². The van der Waals surface area contributed by atoms with Crippen LogP contribution < -0.4 is 10.2 Å². The molecule has 1 saturated carbocycles. The minimum Gasteiger partial charge on any atom is -0.388 e. The quantitative estimate of drug-likeness (QED) is 0.757. The highest BCUT2D eigenvalue weighted by Crippen LogP contribution is 2.32. The van der Waals surface area contributed by atoms with Crippen LogP contribution in [0.3, 0.4) is 0 Å². The molecule has 0 spiro atoms. The summed E-state index contributed by atoms with van der Waals surface area (Å²) in [6.07, 6.45) is 5.36. The first kappa shape index (κ1) is 16.3. The average Bonchev–Trinajstić information content (AvgIpc) is 2.85. The van der Waals surface area contributed by atoms with E-state index in [1.54, 1.807) is 0 Å². The van der Waals surface area contributed by atoms with Gasteiger partial charge in [0.15, 0.2) is 0 Å². The zero-order valence-electron chi connectivity index (χ0n) is 13.8. The Morgan fingerprint density at radius 2 is 2.00 bits per heavy atom. The highest BCUT2D eigenvalue weighted by molar-refractivity contribution is 5.54. The van der Waals surface area contributed by atoms with E-state index < -0.39 is 5.60 Å². The fraction of sp³-hybridized carbons (Fsp3) is 0.667. The Bertz CT molecular complexity index is 453. The van der Waals surface area contributed by atoms with Crippen LogP contribution in [0.25, 0.3) is 0 Å². The van der Waals surface area contributed by atoms with Crippen molar-refractivity contribution in [2.75, 3.05) is 25.0 Å². The van der Waals surface area contributed by atoms with E-state index in [0.29, 0.717) is 0 Å². The van der Waals surface area contributed by atoms with Crippen LogP contribution in [0.1, 0.15) is 50.2 Å². The molecule has 0 heterocycles. The second-order valence-electron chi connectivity index (χ2n) is 6.59. The van der Waals surface area contributed by atoms with Crippen LogP contribution in [0.2, 0.25) is 0 Å². The van der Waals surface area contributed by atoms with Crippen molar-refractivity contribution >= 4 is 5.69 Å². The van der Waals surface area contributed by atoms with E-state index >= 15 is 0 Å². The van der Waals surface area contributed by atoms with Gasteiger partial charge in [-0.25, -0.2) is 0 Å². The molecule has 0 bridgehead atoms. The zero-order chi connectivity index (χ0) is 15.3. The van der Waals surface area contributed by atoms with Crippen LogP contribution in [0.5, 0.6) is 0 Å². The number of nitrogens with one attached hydrogen (secondary N) is 1. The summed E-state index contributed by atoms with van der Waals surface area (Å²) in [5, 5.41) is 14.0. The summed E-state index contributed by atoms with van der Waals surface area (Å²) in [4.78, 5) is 2.21. The number of hydrogen-bond donors (Lipinski definition) is 2. The van der Waals surface area contributed by atoms with Gasteiger partial charge >= 0.3 is 0 Å². The van der Waals surface area contributed by atoms with E-state index in [1.807, 2.05) is 0 Å². The summed E-state index contributed by atoms with van der Waals surface area (Å²) in [6, 6.07) is 6.64. The predicted octanol–water partition coefficient (Wildman–Crippen LogP) is 3.24. The number of benzene rings is 1. The fourth-order valence-corrected chi connectivity index (χ4v) is 3.38. The van der Waals surface area contributed by atoms with Crippen molar-refractivity contribution in [3.63, 3.8) is 0 Å². The fourth-order valence-electron chi connectivity index (χ4n) is 3.38. The number of aliphatic hydroxyl groups is 1. The zero-order valence-corrected chi connectivity index (χ0v) is 13.8. The molecular formula is C18H30N2O. The molecule has 21 heavy (non-hydrogen) atoms. The maximum atomic E-state index is 10.6. The highest BCUT2D eigenvalue weighted by Gasteiger charge is 2.32. The second-order valence-corrected chi connectivity index (χ2v) is 6.59. The third-order valence-electron chi connectivity index (χ3n) is 4.49. The summed E-state index contributed by atoms with van der Waals surface area (Å²) >= 11 is 0. The van der Waals surface area contributed by atoms with Crippen LogP contribution in [0.4, 0.5) is 5.69 Å². The number of rotatable bonds is 7. The van der Waals surface area contributed by atoms with E-state index in [9.17, 15) is 5.11 Å². The summed E-state index contributed by atoms with van der Waals surface area (Å²) in [5.74, 6) is 0. The van der Waals surface area contributed by atoms with Crippen molar-refractivity contribution < 1.29 is 5.11 Å². The molecule has 0 saturated heterocycles. The predicted molar refractivity (Wildman–Crippen MR) is 89.9 cm³/mol. The molecule has 0 atom stereocenters. The molecular weight excluding hydrogens is 260 g/mol. The Labute approximate surface area is 129 Å². The van der Waals surface area contributed by atoms with Crippen molar-refractivity contribution in [2.45, 2.75) is 58.1 Å². The smallest absolute Gasteiger partial charge is 0.0821 e. The molecule has 2 N–H and O–H groups in total. The molecule has 0 radical (unpaired) electrons. The molecule has 2 rings (SSSR count). The van der Waals surface area contributed by atoms with Gasteiger partial charge in [0.25, 0.3) is 0 Å². The normalized spacial score (nSPS) is 17.1. The lowest BCUT2D eigenvalue weighted by Gasteiger charge is -2.31. The Morgan fingerprint density at radius 3 is 2.62 bits per heavy atom. The van der Waals surface area contributed by atoms with Gasteiger partial charge in [-0.1, -0.05) is 31.9 Å². The summed E-state index contributed by atoms with van der Waals surface area (Å²) in [7, 11) is 2.09. The Balaban J connectivity index is 1.99. The van der Waals surface area contributed by atoms with Gasteiger partial charge in [-0.2, -0.15) is 0 Å². The molecule has 0 aromatic heterocycles. The molecule has 118 valence electrons. The van der Waals surface area contributed by atoms with Gasteiger partial charge in [0.2, 0.25) is 0 Å². The van der Waals surface area contributed by atoms with Crippen molar-refractivity contribution in [3.8, 4) is 0 Å². The minimum atomic E-state index is -0.484. The largest absolute Gasteiger partial charge is 0.388 e. The van der Waals surface area contributed by atoms with Crippen LogP contribution in [-0.2, 0) is 6.54 Å². The maximum Gasteiger partial charge on any atom is 0.0821 e. The lowest BCUT2D eigenvalue weighted by molar-refractivity contribution is 0.0559. The van der Waals surface area contributed by atoms with Crippen molar-refractivity contribution in [3.05, 3.63) is 29.3 Å². The number of aryl methyl sites for hydroxylation is 1. The SMILES string of the molecule is CCCNCc1ccc(N(C)CC2(O)CCCC2)c(C)c1. The molecule has 3 nitrogen and oxygen atoms in total. The number of anilines is 1. The molecule has 0 unspecified atom stereocenters. The number of nitrogens with zero attached hydrogens (tertiary/aromatic N) is 1. The van der Waals surface area contributed by atoms with Crippen LogP contribution >= 0.6 is 0 Å². The molecule has 1 aromatic carbocycles. The van der Waals surface area contributed by atoms with Crippen LogP contribution in [0, 0.1) is 6.92 Å². The first-order valence-electron chi connectivity index (χ1n) is 8.28. The van der Waals surface area contributed by atoms with E-state index in [1.165, 1.54) is 23.2 Å². The molecule has 1 aliphatic rings. The summed E-state index contributed by atoms with van der Waals surface area (Å²) in [5.41, 5.74) is 3.37. The first-order valence-corrected chi connectivity index (χ1v) is 8.28. The standard InChI is InChI=1S/C18H30N2O/c1-4-11-19-13-16-7-8-17(15(2)12-16)20(3)14-18(21)9-5-6-10-18/h7-8,12,19,21H,4-6,9-11,13-14H2,1-3H3. The van der Waals surface area contributed by atoms with Crippen molar-refractivity contribution in [2.24, 2.45) is 0 Å². The van der Waals surface area contributed by atoms with Gasteiger partial charge in [-0.15, -0.1) is 0 Å². The first-order chi connectivity index (χ1) is 10.0. The van der Waals surface area contributed by atoms with E-state index in [2.05, 4.69) is 49.3 Å². The van der Waals surface area contributed by atoms with Crippen LogP contribution in [-0.4, -0.2) is 30.8 Å². The molecule has 3 heteroatoms. The third-order valence-corrected chi connectivity index (χ3v) is 4.49. The lowest BCUT2D eigenvalue weighted by atomic mass is 10.0. The maximum absolute atomic E-state index is 10.6. The lowest BCUT2D eigenvalue weighted by Crippen LogP contribution is -2.39. The topological polar surface area (TPSA) is 35.5 Å². The third kappa shape index (κ3) is 4.45. The van der Waals surface area contributed by atoms with Crippen molar-refractivity contribution in [1.29, 1.82) is 0 Å². The number of hydrogen-bond acceptors (Lipinski definition) is 3. The van der Waals surface area contributed by atoms with Crippen LogP contribution in [0.15, 0.2) is 18.2 Å². The Morgan fingerprint density at radius 1 is 1.29 bits per heavy atom. The van der Waals surface area contributed by atoms with E-state index in [-0.39, 0.29) is 0 Å². The van der Waals surface area contributed by atoms with Gasteiger partial charge in [0.05, 0.1) is 5.60 Å². The molecule has 0 aliphatic heterocycles. The molecule has 1 fully saturated rings. The monoisotopic (exact) mass is 290 g/mol. The minimum absolute atomic E-state index is 0.484. The second kappa shape index (κ2) is 7.28. The summed E-state index contributed by atoms with van der Waals surface area (Å²) < 4.78 is 0. The average molecular weight is 290 g/mol. The molecule has 0 amide bonds. The van der Waals surface area contributed by atoms with E-state index in [4.69, 9.17) is 0 Å². The highest BCUT2D eigenvalue weighted by atomic mass is 16.3. The molecule has 1 aliphatic carbocycles. The van der Waals surface area contributed by atoms with Gasteiger partial charge in [-0.05, 0) is 49.9 Å². The van der Waals surface area contributed by atoms with Gasteiger partial charge in [-0.3, -0.25) is 0 Å². The summed E-state index contributed by atoms with van der Waals surface area (Å²) in [6.45, 7) is 7.08.